The summed E-state index contributed by atoms with van der Waals surface area (Å²) in [5.74, 6) is 0.387. The van der Waals surface area contributed by atoms with Gasteiger partial charge in [0.25, 0.3) is 0 Å². The Hall–Kier alpha value is -0.550. The van der Waals surface area contributed by atoms with Crippen LogP contribution in [0.5, 0.6) is 0 Å². The van der Waals surface area contributed by atoms with Gasteiger partial charge in [-0.2, -0.15) is 0 Å². The summed E-state index contributed by atoms with van der Waals surface area (Å²) >= 11 is 3.42. The number of sulfone groups is 1. The summed E-state index contributed by atoms with van der Waals surface area (Å²) in [7, 11) is -2.89. The molecular formula is C12H18BrNO2S. The van der Waals surface area contributed by atoms with Gasteiger partial charge in [0.1, 0.15) is 0 Å². The third-order valence-electron chi connectivity index (χ3n) is 2.62. The van der Waals surface area contributed by atoms with E-state index in [-0.39, 0.29) is 11.5 Å². The first-order valence-corrected chi connectivity index (χ1v) is 8.32. The van der Waals surface area contributed by atoms with E-state index >= 15 is 0 Å². The van der Waals surface area contributed by atoms with Gasteiger partial charge in [0.2, 0.25) is 0 Å². The second-order valence-corrected chi connectivity index (χ2v) is 7.21. The first-order valence-electron chi connectivity index (χ1n) is 5.71. The molecule has 1 aromatic rings. The molecule has 5 heteroatoms. The van der Waals surface area contributed by atoms with Crippen molar-refractivity contribution in [1.29, 1.82) is 0 Å². The average molecular weight is 320 g/mol. The van der Waals surface area contributed by atoms with Crippen LogP contribution < -0.4 is 5.32 Å². The number of aryl methyl sites for hydroxylation is 1. The Balaban J connectivity index is 2.64. The summed E-state index contributed by atoms with van der Waals surface area (Å²) < 4.78 is 23.7. The smallest absolute Gasteiger partial charge is 0.151 e. The van der Waals surface area contributed by atoms with Crippen LogP contribution in [0.2, 0.25) is 0 Å². The number of hydrogen-bond donors (Lipinski definition) is 1. The molecule has 0 unspecified atom stereocenters. The Bertz CT molecular complexity index is 471. The zero-order valence-corrected chi connectivity index (χ0v) is 12.6. The van der Waals surface area contributed by atoms with E-state index in [4.69, 9.17) is 0 Å². The summed E-state index contributed by atoms with van der Waals surface area (Å²) in [6, 6.07) is 5.98. The van der Waals surface area contributed by atoms with Gasteiger partial charge in [-0.25, -0.2) is 8.42 Å². The highest BCUT2D eigenvalue weighted by atomic mass is 79.9. The van der Waals surface area contributed by atoms with Crippen LogP contribution in [0.25, 0.3) is 0 Å². The van der Waals surface area contributed by atoms with E-state index in [9.17, 15) is 8.42 Å². The van der Waals surface area contributed by atoms with E-state index in [1.807, 2.05) is 12.1 Å². The lowest BCUT2D eigenvalue weighted by Crippen LogP contribution is -2.17. The second-order valence-electron chi connectivity index (χ2n) is 3.82. The highest BCUT2D eigenvalue weighted by molar-refractivity contribution is 9.10. The van der Waals surface area contributed by atoms with Crippen LogP contribution in [0.15, 0.2) is 22.7 Å². The minimum absolute atomic E-state index is 0.183. The van der Waals surface area contributed by atoms with Gasteiger partial charge in [-0.1, -0.05) is 29.8 Å². The highest BCUT2D eigenvalue weighted by Gasteiger charge is 2.07. The van der Waals surface area contributed by atoms with Gasteiger partial charge in [0.15, 0.2) is 9.84 Å². The van der Waals surface area contributed by atoms with Crippen LogP contribution in [0.1, 0.15) is 19.4 Å². The molecule has 0 spiro atoms. The largest absolute Gasteiger partial charge is 0.384 e. The van der Waals surface area contributed by atoms with Gasteiger partial charge in [0.05, 0.1) is 5.75 Å². The van der Waals surface area contributed by atoms with Gasteiger partial charge < -0.3 is 5.32 Å². The molecule has 3 nitrogen and oxygen atoms in total. The van der Waals surface area contributed by atoms with Crippen molar-refractivity contribution in [3.8, 4) is 0 Å². The van der Waals surface area contributed by atoms with Crippen LogP contribution in [-0.4, -0.2) is 26.5 Å². The van der Waals surface area contributed by atoms with Crippen molar-refractivity contribution in [2.45, 2.75) is 20.3 Å². The van der Waals surface area contributed by atoms with Gasteiger partial charge in [-0.15, -0.1) is 0 Å². The summed E-state index contributed by atoms with van der Waals surface area (Å²) in [5, 5.41) is 3.18. The Labute approximate surface area is 112 Å². The van der Waals surface area contributed by atoms with Crippen molar-refractivity contribution in [2.24, 2.45) is 0 Å². The Kier molecular flexibility index (Phi) is 5.46. The monoisotopic (exact) mass is 319 g/mol. The molecule has 17 heavy (non-hydrogen) atoms. The average Bonchev–Trinajstić information content (AvgIpc) is 2.30. The van der Waals surface area contributed by atoms with Crippen LogP contribution in [0.4, 0.5) is 5.69 Å². The highest BCUT2D eigenvalue weighted by Crippen LogP contribution is 2.21. The van der Waals surface area contributed by atoms with Gasteiger partial charge in [-0.3, -0.25) is 0 Å². The molecule has 0 bridgehead atoms. The molecule has 0 heterocycles. The molecule has 0 fully saturated rings. The zero-order chi connectivity index (χ0) is 12.9. The molecule has 1 aromatic carbocycles. The van der Waals surface area contributed by atoms with Crippen molar-refractivity contribution in [3.05, 3.63) is 28.2 Å². The maximum absolute atomic E-state index is 11.4. The first-order chi connectivity index (χ1) is 7.98. The van der Waals surface area contributed by atoms with Gasteiger partial charge >= 0.3 is 0 Å². The van der Waals surface area contributed by atoms with E-state index in [2.05, 4.69) is 34.2 Å². The fourth-order valence-corrected chi connectivity index (χ4v) is 2.62. The molecule has 0 atom stereocenters. The molecule has 0 aliphatic carbocycles. The first kappa shape index (κ1) is 14.5. The predicted octanol–water partition coefficient (Wildman–Crippen LogP) is 2.86. The molecule has 1 N–H and O–H groups in total. The normalized spacial score (nSPS) is 11.5. The molecule has 96 valence electrons. The third kappa shape index (κ3) is 4.68. The molecule has 1 rings (SSSR count). The Morgan fingerprint density at radius 1 is 1.29 bits per heavy atom. The van der Waals surface area contributed by atoms with E-state index in [1.54, 1.807) is 6.92 Å². The van der Waals surface area contributed by atoms with E-state index in [1.165, 1.54) is 5.56 Å². The lowest BCUT2D eigenvalue weighted by atomic mass is 10.1. The molecule has 0 aliphatic rings. The van der Waals surface area contributed by atoms with Crippen LogP contribution in [-0.2, 0) is 16.3 Å². The van der Waals surface area contributed by atoms with Crippen molar-refractivity contribution in [2.75, 3.05) is 23.4 Å². The lowest BCUT2D eigenvalue weighted by molar-refractivity contribution is 0.597. The SMILES string of the molecule is CCc1cc(Br)ccc1NCCS(=O)(=O)CC. The number of rotatable bonds is 6. The number of hydrogen-bond acceptors (Lipinski definition) is 3. The molecule has 0 radical (unpaired) electrons. The fraction of sp³-hybridized carbons (Fsp3) is 0.500. The maximum Gasteiger partial charge on any atom is 0.151 e. The summed E-state index contributed by atoms with van der Waals surface area (Å²) in [4.78, 5) is 0. The van der Waals surface area contributed by atoms with Crippen molar-refractivity contribution in [3.63, 3.8) is 0 Å². The van der Waals surface area contributed by atoms with Crippen molar-refractivity contribution >= 4 is 31.5 Å². The van der Waals surface area contributed by atoms with Crippen molar-refractivity contribution < 1.29 is 8.42 Å². The maximum atomic E-state index is 11.4. The fourth-order valence-electron chi connectivity index (χ4n) is 1.51. The number of benzene rings is 1. The number of halogens is 1. The third-order valence-corrected chi connectivity index (χ3v) is 4.82. The predicted molar refractivity (Wildman–Crippen MR) is 76.3 cm³/mol. The van der Waals surface area contributed by atoms with Gasteiger partial charge in [0, 0.05) is 22.5 Å². The topological polar surface area (TPSA) is 46.2 Å². The molecular weight excluding hydrogens is 302 g/mol. The van der Waals surface area contributed by atoms with Crippen LogP contribution in [0, 0.1) is 0 Å². The molecule has 0 saturated carbocycles. The number of anilines is 1. The van der Waals surface area contributed by atoms with Crippen molar-refractivity contribution in [1.82, 2.24) is 0 Å². The zero-order valence-electron chi connectivity index (χ0n) is 10.2. The Morgan fingerprint density at radius 2 is 2.00 bits per heavy atom. The molecule has 0 amide bonds. The minimum Gasteiger partial charge on any atom is -0.384 e. The minimum atomic E-state index is -2.89. The standard InChI is InChI=1S/C12H18BrNO2S/c1-3-10-9-11(13)5-6-12(10)14-7-8-17(15,16)4-2/h5-6,9,14H,3-4,7-8H2,1-2H3. The molecule has 0 saturated heterocycles. The lowest BCUT2D eigenvalue weighted by Gasteiger charge is -2.11. The quantitative estimate of drug-likeness (QED) is 0.877. The van der Waals surface area contributed by atoms with Crippen LogP contribution in [0.3, 0.4) is 0 Å². The summed E-state index contributed by atoms with van der Waals surface area (Å²) in [5.41, 5.74) is 2.20. The van der Waals surface area contributed by atoms with Gasteiger partial charge in [-0.05, 0) is 30.2 Å². The summed E-state index contributed by atoms with van der Waals surface area (Å²) in [6.07, 6.45) is 0.919. The Morgan fingerprint density at radius 3 is 2.59 bits per heavy atom. The molecule has 0 aromatic heterocycles. The summed E-state index contributed by atoms with van der Waals surface area (Å²) in [6.45, 7) is 4.22. The van der Waals surface area contributed by atoms with E-state index in [0.717, 1.165) is 16.6 Å². The number of nitrogens with one attached hydrogen (secondary N) is 1. The van der Waals surface area contributed by atoms with Crippen LogP contribution >= 0.6 is 15.9 Å². The molecule has 0 aliphatic heterocycles. The second kappa shape index (κ2) is 6.40. The van der Waals surface area contributed by atoms with E-state index < -0.39 is 9.84 Å². The van der Waals surface area contributed by atoms with E-state index in [0.29, 0.717) is 6.54 Å².